The fourth-order valence-electron chi connectivity index (χ4n) is 3.83. The third-order valence-electron chi connectivity index (χ3n) is 5.56. The molecule has 0 saturated carbocycles. The van der Waals surface area contributed by atoms with Crippen molar-refractivity contribution < 1.29 is 9.21 Å². The molecular formula is C20H21N5O2. The summed E-state index contributed by atoms with van der Waals surface area (Å²) in [6.07, 6.45) is 0. The Kier molecular flexibility index (Phi) is 3.82. The van der Waals surface area contributed by atoms with Gasteiger partial charge in [0.1, 0.15) is 0 Å². The number of likely N-dealkylation sites (tertiary alicyclic amines) is 1. The molecule has 2 saturated heterocycles. The Labute approximate surface area is 157 Å². The molecule has 0 radical (unpaired) electrons. The summed E-state index contributed by atoms with van der Waals surface area (Å²) in [6.45, 7) is 5.27. The fraction of sp³-hybridized carbons (Fsp3) is 0.350. The van der Waals surface area contributed by atoms with E-state index >= 15 is 0 Å². The van der Waals surface area contributed by atoms with Gasteiger partial charge in [0, 0.05) is 31.7 Å². The van der Waals surface area contributed by atoms with E-state index in [2.05, 4.69) is 51.6 Å². The van der Waals surface area contributed by atoms with Crippen molar-refractivity contribution >= 4 is 16.8 Å². The molecule has 2 amide bonds. The van der Waals surface area contributed by atoms with E-state index in [0.29, 0.717) is 11.8 Å². The van der Waals surface area contributed by atoms with Crippen molar-refractivity contribution in [2.75, 3.05) is 26.2 Å². The van der Waals surface area contributed by atoms with Crippen molar-refractivity contribution in [3.8, 4) is 11.5 Å². The molecule has 7 heteroatoms. The molecule has 2 aromatic carbocycles. The second kappa shape index (κ2) is 6.35. The predicted molar refractivity (Wildman–Crippen MR) is 101 cm³/mol. The molecule has 7 nitrogen and oxygen atoms in total. The van der Waals surface area contributed by atoms with Crippen LogP contribution in [0, 0.1) is 0 Å². The summed E-state index contributed by atoms with van der Waals surface area (Å²) in [5.74, 6) is 1.15. The minimum atomic E-state index is 0.0358. The number of fused-ring (bicyclic) bond motifs is 1. The van der Waals surface area contributed by atoms with Gasteiger partial charge in [-0.05, 0) is 29.8 Å². The van der Waals surface area contributed by atoms with Crippen molar-refractivity contribution in [1.82, 2.24) is 25.3 Å². The number of hydrogen-bond acceptors (Lipinski definition) is 5. The summed E-state index contributed by atoms with van der Waals surface area (Å²) in [5.41, 5.74) is 0.926. The van der Waals surface area contributed by atoms with Crippen molar-refractivity contribution in [1.29, 1.82) is 0 Å². The first kappa shape index (κ1) is 16.3. The number of carbonyl (C=O) groups excluding carboxylic acids is 1. The highest BCUT2D eigenvalue weighted by Crippen LogP contribution is 2.30. The molecule has 0 bridgehead atoms. The maximum absolute atomic E-state index is 11.8. The highest BCUT2D eigenvalue weighted by atomic mass is 16.4. The van der Waals surface area contributed by atoms with E-state index < -0.39 is 0 Å². The van der Waals surface area contributed by atoms with Gasteiger partial charge < -0.3 is 14.6 Å². The fourth-order valence-corrected chi connectivity index (χ4v) is 3.83. The van der Waals surface area contributed by atoms with E-state index in [1.165, 1.54) is 5.39 Å². The maximum Gasteiger partial charge on any atom is 0.317 e. The smallest absolute Gasteiger partial charge is 0.317 e. The van der Waals surface area contributed by atoms with Crippen molar-refractivity contribution in [3.05, 3.63) is 48.4 Å². The number of aromatic nitrogens is 2. The third kappa shape index (κ3) is 2.84. The average Bonchev–Trinajstić information content (AvgIpc) is 3.30. The first-order valence-electron chi connectivity index (χ1n) is 9.30. The number of nitrogens with one attached hydrogen (secondary N) is 1. The Morgan fingerprint density at radius 2 is 1.96 bits per heavy atom. The van der Waals surface area contributed by atoms with Crippen LogP contribution in [0.5, 0.6) is 0 Å². The van der Waals surface area contributed by atoms with E-state index in [1.807, 2.05) is 23.1 Å². The van der Waals surface area contributed by atoms with Crippen molar-refractivity contribution in [2.45, 2.75) is 19.0 Å². The van der Waals surface area contributed by atoms with Crippen LogP contribution in [0.3, 0.4) is 0 Å². The number of urea groups is 1. The molecule has 2 fully saturated rings. The topological polar surface area (TPSA) is 74.5 Å². The molecule has 0 aliphatic carbocycles. The van der Waals surface area contributed by atoms with Gasteiger partial charge in [-0.15, -0.1) is 10.2 Å². The van der Waals surface area contributed by atoms with Crippen LogP contribution in [-0.2, 0) is 0 Å². The molecule has 3 aromatic rings. The van der Waals surface area contributed by atoms with E-state index in [0.717, 1.165) is 37.1 Å². The summed E-state index contributed by atoms with van der Waals surface area (Å²) in [6, 6.07) is 14.7. The Morgan fingerprint density at radius 3 is 2.74 bits per heavy atom. The molecule has 1 N–H and O–H groups in total. The normalized spacial score (nSPS) is 19.3. The Balaban J connectivity index is 1.29. The van der Waals surface area contributed by atoms with E-state index in [-0.39, 0.29) is 18.1 Å². The van der Waals surface area contributed by atoms with Crippen LogP contribution < -0.4 is 5.32 Å². The number of amides is 2. The SMILES string of the molecule is CC(c1nnc(-c2ccc3ccccc3c2)o1)N1CC(N2CCNC2=O)C1. The second-order valence-electron chi connectivity index (χ2n) is 7.22. The number of carbonyl (C=O) groups is 1. The quantitative estimate of drug-likeness (QED) is 0.771. The van der Waals surface area contributed by atoms with Gasteiger partial charge in [-0.1, -0.05) is 30.3 Å². The van der Waals surface area contributed by atoms with Gasteiger partial charge in [0.25, 0.3) is 0 Å². The van der Waals surface area contributed by atoms with E-state index in [1.54, 1.807) is 0 Å². The Hall–Kier alpha value is -2.93. The van der Waals surface area contributed by atoms with Crippen molar-refractivity contribution in [3.63, 3.8) is 0 Å². The first-order valence-corrected chi connectivity index (χ1v) is 9.30. The zero-order chi connectivity index (χ0) is 18.4. The van der Waals surface area contributed by atoms with Crippen LogP contribution in [0.1, 0.15) is 18.9 Å². The molecular weight excluding hydrogens is 342 g/mol. The standard InChI is InChI=1S/C20H21N5O2/c1-13(24-11-17(12-24)25-9-8-21-20(25)26)18-22-23-19(27-18)16-7-6-14-4-2-3-5-15(14)10-16/h2-7,10,13,17H,8-9,11-12H2,1H3,(H,21,26). The Morgan fingerprint density at radius 1 is 1.15 bits per heavy atom. The van der Waals surface area contributed by atoms with Crippen molar-refractivity contribution in [2.24, 2.45) is 0 Å². The lowest BCUT2D eigenvalue weighted by atomic mass is 10.0. The number of nitrogens with zero attached hydrogens (tertiary/aromatic N) is 4. The van der Waals surface area contributed by atoms with Crippen LogP contribution in [0.25, 0.3) is 22.2 Å². The molecule has 1 unspecified atom stereocenters. The van der Waals surface area contributed by atoms with E-state index in [4.69, 9.17) is 4.42 Å². The van der Waals surface area contributed by atoms with Crippen LogP contribution in [-0.4, -0.2) is 58.2 Å². The van der Waals surface area contributed by atoms with Crippen LogP contribution in [0.15, 0.2) is 46.9 Å². The lowest BCUT2D eigenvalue weighted by Crippen LogP contribution is -2.60. The maximum atomic E-state index is 11.8. The lowest BCUT2D eigenvalue weighted by molar-refractivity contribution is 0.0267. The van der Waals surface area contributed by atoms with Gasteiger partial charge in [-0.25, -0.2) is 4.79 Å². The molecule has 27 heavy (non-hydrogen) atoms. The highest BCUT2D eigenvalue weighted by molar-refractivity contribution is 5.86. The molecule has 2 aliphatic heterocycles. The predicted octanol–water partition coefficient (Wildman–Crippen LogP) is 2.66. The summed E-state index contributed by atoms with van der Waals surface area (Å²) in [7, 11) is 0. The average molecular weight is 363 g/mol. The summed E-state index contributed by atoms with van der Waals surface area (Å²) in [4.78, 5) is 15.9. The van der Waals surface area contributed by atoms with Gasteiger partial charge in [-0.3, -0.25) is 4.90 Å². The molecule has 1 atom stereocenters. The molecule has 2 aliphatic rings. The van der Waals surface area contributed by atoms with Gasteiger partial charge in [-0.2, -0.15) is 0 Å². The molecule has 0 spiro atoms. The first-order chi connectivity index (χ1) is 13.2. The zero-order valence-corrected chi connectivity index (χ0v) is 15.1. The number of rotatable bonds is 4. The summed E-state index contributed by atoms with van der Waals surface area (Å²) < 4.78 is 5.96. The monoisotopic (exact) mass is 363 g/mol. The molecule has 5 rings (SSSR count). The van der Waals surface area contributed by atoms with Crippen LogP contribution >= 0.6 is 0 Å². The molecule has 3 heterocycles. The largest absolute Gasteiger partial charge is 0.419 e. The Bertz CT molecular complexity index is 995. The van der Waals surface area contributed by atoms with Gasteiger partial charge >= 0.3 is 6.03 Å². The number of benzene rings is 2. The van der Waals surface area contributed by atoms with Crippen LogP contribution in [0.4, 0.5) is 4.79 Å². The van der Waals surface area contributed by atoms with Gasteiger partial charge in [0.05, 0.1) is 12.1 Å². The minimum absolute atomic E-state index is 0.0358. The van der Waals surface area contributed by atoms with Crippen LogP contribution in [0.2, 0.25) is 0 Å². The summed E-state index contributed by atoms with van der Waals surface area (Å²) in [5, 5.41) is 13.7. The minimum Gasteiger partial charge on any atom is -0.419 e. The highest BCUT2D eigenvalue weighted by Gasteiger charge is 2.39. The van der Waals surface area contributed by atoms with Gasteiger partial charge in [0.15, 0.2) is 0 Å². The lowest BCUT2D eigenvalue weighted by Gasteiger charge is -2.45. The second-order valence-corrected chi connectivity index (χ2v) is 7.22. The number of hydrogen-bond donors (Lipinski definition) is 1. The third-order valence-corrected chi connectivity index (χ3v) is 5.56. The van der Waals surface area contributed by atoms with Gasteiger partial charge in [0.2, 0.25) is 11.8 Å². The molecule has 138 valence electrons. The molecule has 1 aromatic heterocycles. The van der Waals surface area contributed by atoms with E-state index in [9.17, 15) is 4.79 Å². The summed E-state index contributed by atoms with van der Waals surface area (Å²) >= 11 is 0. The zero-order valence-electron chi connectivity index (χ0n) is 15.1.